The van der Waals surface area contributed by atoms with Crippen molar-refractivity contribution in [2.45, 2.75) is 27.2 Å². The minimum atomic E-state index is -0.378. The van der Waals surface area contributed by atoms with E-state index in [1.807, 2.05) is 56.3 Å². The first kappa shape index (κ1) is 16.7. The molecule has 0 saturated heterocycles. The maximum absolute atomic E-state index is 12.4. The lowest BCUT2D eigenvalue weighted by atomic mass is 10.1. The highest BCUT2D eigenvalue weighted by Gasteiger charge is 2.18. The second-order valence-electron chi connectivity index (χ2n) is 6.01. The van der Waals surface area contributed by atoms with Crippen molar-refractivity contribution >= 4 is 17.4 Å². The molecule has 1 aromatic heterocycles. The zero-order chi connectivity index (χ0) is 18.0. The standard InChI is InChI=1S/C19H21N5O/c1-4-14-6-8-15(9-7-14)21-19(25)17-18(20)24(23-22-17)16-10-5-12(2)13(3)11-16/h5-11H,4,20H2,1-3H3,(H,21,25). The number of amides is 1. The summed E-state index contributed by atoms with van der Waals surface area (Å²) < 4.78 is 1.47. The number of rotatable bonds is 4. The molecule has 0 unspecified atom stereocenters. The van der Waals surface area contributed by atoms with Gasteiger partial charge in [0, 0.05) is 5.69 Å². The van der Waals surface area contributed by atoms with Crippen LogP contribution in [0.15, 0.2) is 42.5 Å². The van der Waals surface area contributed by atoms with Crippen molar-refractivity contribution in [1.82, 2.24) is 15.0 Å². The first-order chi connectivity index (χ1) is 12.0. The monoisotopic (exact) mass is 335 g/mol. The molecule has 1 heterocycles. The maximum atomic E-state index is 12.4. The molecule has 0 fully saturated rings. The van der Waals surface area contributed by atoms with Crippen LogP contribution in [0.1, 0.15) is 34.1 Å². The van der Waals surface area contributed by atoms with Crippen LogP contribution in [-0.2, 0) is 6.42 Å². The lowest BCUT2D eigenvalue weighted by Gasteiger charge is -2.07. The molecule has 0 radical (unpaired) electrons. The fraction of sp³-hybridized carbons (Fsp3) is 0.211. The molecule has 6 heteroatoms. The van der Waals surface area contributed by atoms with Gasteiger partial charge in [-0.2, -0.15) is 4.68 Å². The Morgan fingerprint density at radius 3 is 2.48 bits per heavy atom. The lowest BCUT2D eigenvalue weighted by molar-refractivity contribution is 0.102. The highest BCUT2D eigenvalue weighted by atomic mass is 16.2. The van der Waals surface area contributed by atoms with Gasteiger partial charge in [0.1, 0.15) is 0 Å². The van der Waals surface area contributed by atoms with Gasteiger partial charge in [-0.3, -0.25) is 4.79 Å². The van der Waals surface area contributed by atoms with Gasteiger partial charge in [-0.25, -0.2) is 0 Å². The summed E-state index contributed by atoms with van der Waals surface area (Å²) in [5.41, 5.74) is 11.2. The van der Waals surface area contributed by atoms with E-state index in [4.69, 9.17) is 5.73 Å². The molecule has 0 aliphatic heterocycles. The number of carbonyl (C=O) groups excluding carboxylic acids is 1. The number of nitrogens with two attached hydrogens (primary N) is 1. The van der Waals surface area contributed by atoms with E-state index in [0.29, 0.717) is 5.69 Å². The fourth-order valence-corrected chi connectivity index (χ4v) is 2.51. The molecule has 2 aromatic carbocycles. The zero-order valence-corrected chi connectivity index (χ0v) is 14.6. The van der Waals surface area contributed by atoms with Crippen molar-refractivity contribution in [1.29, 1.82) is 0 Å². The Kier molecular flexibility index (Phi) is 4.52. The largest absolute Gasteiger partial charge is 0.382 e. The molecule has 0 atom stereocenters. The Hall–Kier alpha value is -3.15. The molecule has 1 amide bonds. The molecular weight excluding hydrogens is 314 g/mol. The first-order valence-corrected chi connectivity index (χ1v) is 8.18. The van der Waals surface area contributed by atoms with Crippen molar-refractivity contribution in [2.24, 2.45) is 0 Å². The van der Waals surface area contributed by atoms with Crippen molar-refractivity contribution in [2.75, 3.05) is 11.1 Å². The summed E-state index contributed by atoms with van der Waals surface area (Å²) in [6.07, 6.45) is 0.950. The van der Waals surface area contributed by atoms with Gasteiger partial charge in [0.15, 0.2) is 11.5 Å². The van der Waals surface area contributed by atoms with E-state index in [2.05, 4.69) is 22.6 Å². The smallest absolute Gasteiger partial charge is 0.280 e. The van der Waals surface area contributed by atoms with Gasteiger partial charge >= 0.3 is 0 Å². The number of nitrogens with zero attached hydrogens (tertiary/aromatic N) is 3. The van der Waals surface area contributed by atoms with E-state index in [1.165, 1.54) is 15.8 Å². The summed E-state index contributed by atoms with van der Waals surface area (Å²) in [4.78, 5) is 12.4. The van der Waals surface area contributed by atoms with Gasteiger partial charge in [-0.1, -0.05) is 30.3 Å². The second kappa shape index (κ2) is 6.76. The van der Waals surface area contributed by atoms with Crippen molar-refractivity contribution in [3.05, 3.63) is 64.8 Å². The Labute approximate surface area is 146 Å². The van der Waals surface area contributed by atoms with E-state index in [-0.39, 0.29) is 17.4 Å². The minimum absolute atomic E-state index is 0.109. The third-order valence-corrected chi connectivity index (χ3v) is 4.28. The molecule has 0 spiro atoms. The van der Waals surface area contributed by atoms with Crippen LogP contribution in [0.4, 0.5) is 11.5 Å². The van der Waals surface area contributed by atoms with Crippen LogP contribution in [0.5, 0.6) is 0 Å². The van der Waals surface area contributed by atoms with E-state index < -0.39 is 0 Å². The van der Waals surface area contributed by atoms with Crippen LogP contribution in [0.2, 0.25) is 0 Å². The summed E-state index contributed by atoms with van der Waals surface area (Å²) in [7, 11) is 0. The number of benzene rings is 2. The number of carbonyl (C=O) groups is 1. The van der Waals surface area contributed by atoms with Crippen molar-refractivity contribution in [3.8, 4) is 5.69 Å². The average molecular weight is 335 g/mol. The van der Waals surface area contributed by atoms with Gasteiger partial charge in [0.05, 0.1) is 5.69 Å². The van der Waals surface area contributed by atoms with Crippen molar-refractivity contribution in [3.63, 3.8) is 0 Å². The van der Waals surface area contributed by atoms with E-state index in [9.17, 15) is 4.79 Å². The third kappa shape index (κ3) is 3.38. The van der Waals surface area contributed by atoms with Crippen LogP contribution in [0.25, 0.3) is 5.69 Å². The molecule has 6 nitrogen and oxygen atoms in total. The van der Waals surface area contributed by atoms with Gasteiger partial charge in [0.2, 0.25) is 0 Å². The summed E-state index contributed by atoms with van der Waals surface area (Å²) in [5.74, 6) is -0.164. The number of nitrogen functional groups attached to an aromatic ring is 1. The average Bonchev–Trinajstić information content (AvgIpc) is 2.99. The second-order valence-corrected chi connectivity index (χ2v) is 6.01. The van der Waals surface area contributed by atoms with Crippen LogP contribution in [0, 0.1) is 13.8 Å². The van der Waals surface area contributed by atoms with E-state index in [0.717, 1.165) is 17.7 Å². The lowest BCUT2D eigenvalue weighted by Crippen LogP contribution is -2.15. The Morgan fingerprint density at radius 2 is 1.84 bits per heavy atom. The van der Waals surface area contributed by atoms with Crippen LogP contribution >= 0.6 is 0 Å². The molecule has 3 N–H and O–H groups in total. The topological polar surface area (TPSA) is 85.8 Å². The summed E-state index contributed by atoms with van der Waals surface area (Å²) in [5, 5.41) is 10.8. The Bertz CT molecular complexity index is 912. The molecule has 25 heavy (non-hydrogen) atoms. The number of hydrogen-bond acceptors (Lipinski definition) is 4. The quantitative estimate of drug-likeness (QED) is 0.766. The summed E-state index contributed by atoms with van der Waals surface area (Å²) >= 11 is 0. The number of aromatic nitrogens is 3. The van der Waals surface area contributed by atoms with E-state index >= 15 is 0 Å². The fourth-order valence-electron chi connectivity index (χ4n) is 2.51. The van der Waals surface area contributed by atoms with Gasteiger partial charge in [0.25, 0.3) is 5.91 Å². The summed E-state index contributed by atoms with van der Waals surface area (Å²) in [6.45, 7) is 6.13. The van der Waals surface area contributed by atoms with Gasteiger partial charge in [-0.15, -0.1) is 5.10 Å². The molecule has 0 aliphatic rings. The highest BCUT2D eigenvalue weighted by molar-refractivity contribution is 6.05. The first-order valence-electron chi connectivity index (χ1n) is 8.18. The molecular formula is C19H21N5O. The minimum Gasteiger partial charge on any atom is -0.382 e. The molecule has 0 bridgehead atoms. The Balaban J connectivity index is 1.84. The summed E-state index contributed by atoms with van der Waals surface area (Å²) in [6, 6.07) is 13.5. The number of hydrogen-bond donors (Lipinski definition) is 2. The zero-order valence-electron chi connectivity index (χ0n) is 14.6. The van der Waals surface area contributed by atoms with Crippen molar-refractivity contribution < 1.29 is 4.79 Å². The molecule has 3 aromatic rings. The molecule has 128 valence electrons. The Morgan fingerprint density at radius 1 is 1.12 bits per heavy atom. The molecule has 0 aliphatic carbocycles. The number of nitrogens with one attached hydrogen (secondary N) is 1. The maximum Gasteiger partial charge on any atom is 0.280 e. The molecule has 0 saturated carbocycles. The predicted molar refractivity (Wildman–Crippen MR) is 99.0 cm³/mol. The van der Waals surface area contributed by atoms with Gasteiger partial charge < -0.3 is 11.1 Å². The SMILES string of the molecule is CCc1ccc(NC(=O)c2nnn(-c3ccc(C)c(C)c3)c2N)cc1. The number of aryl methyl sites for hydroxylation is 3. The third-order valence-electron chi connectivity index (χ3n) is 4.28. The molecule has 3 rings (SSSR count). The van der Waals surface area contributed by atoms with Crippen LogP contribution in [-0.4, -0.2) is 20.9 Å². The predicted octanol–water partition coefficient (Wildman–Crippen LogP) is 3.28. The van der Waals surface area contributed by atoms with Crippen LogP contribution in [0.3, 0.4) is 0 Å². The van der Waals surface area contributed by atoms with Gasteiger partial charge in [-0.05, 0) is 61.2 Å². The van der Waals surface area contributed by atoms with Crippen LogP contribution < -0.4 is 11.1 Å². The number of anilines is 2. The highest BCUT2D eigenvalue weighted by Crippen LogP contribution is 2.19. The van der Waals surface area contributed by atoms with E-state index in [1.54, 1.807) is 0 Å². The normalized spacial score (nSPS) is 10.7.